The summed E-state index contributed by atoms with van der Waals surface area (Å²) in [6, 6.07) is 0. The van der Waals surface area contributed by atoms with Gasteiger partial charge in [0, 0.05) is 6.42 Å². The third kappa shape index (κ3) is 2.66. The summed E-state index contributed by atoms with van der Waals surface area (Å²) in [6.07, 6.45) is 9.56. The lowest BCUT2D eigenvalue weighted by molar-refractivity contribution is -0.117. The summed E-state index contributed by atoms with van der Waals surface area (Å²) >= 11 is 0. The van der Waals surface area contributed by atoms with E-state index in [1.807, 2.05) is 0 Å². The van der Waals surface area contributed by atoms with Crippen LogP contribution in [-0.2, 0) is 4.79 Å². The maximum Gasteiger partial charge on any atom is 0.129 e. The quantitative estimate of drug-likeness (QED) is 0.642. The summed E-state index contributed by atoms with van der Waals surface area (Å²) in [5.41, 5.74) is 2.41. The van der Waals surface area contributed by atoms with Crippen LogP contribution in [0.15, 0.2) is 11.6 Å². The van der Waals surface area contributed by atoms with Gasteiger partial charge in [-0.05, 0) is 62.2 Å². The molecule has 0 spiro atoms. The molecule has 0 amide bonds. The molecule has 3 atom stereocenters. The zero-order valence-electron chi connectivity index (χ0n) is 13.4. The Bertz CT molecular complexity index is 390. The van der Waals surface area contributed by atoms with Crippen LogP contribution >= 0.6 is 0 Å². The Kier molecular flexibility index (Phi) is 3.95. The van der Waals surface area contributed by atoms with Gasteiger partial charge < -0.3 is 4.79 Å². The van der Waals surface area contributed by atoms with E-state index in [-0.39, 0.29) is 0 Å². The highest BCUT2D eigenvalue weighted by molar-refractivity contribution is 5.75. The maximum atomic E-state index is 11.4. The van der Waals surface area contributed by atoms with Crippen molar-refractivity contribution in [2.75, 3.05) is 0 Å². The number of carbonyl (C=O) groups is 1. The van der Waals surface area contributed by atoms with Gasteiger partial charge in [-0.25, -0.2) is 0 Å². The predicted octanol–water partition coefficient (Wildman–Crippen LogP) is 5.15. The summed E-state index contributed by atoms with van der Waals surface area (Å²) in [5, 5.41) is 0. The molecule has 2 aliphatic carbocycles. The van der Waals surface area contributed by atoms with Crippen LogP contribution in [-0.4, -0.2) is 5.78 Å². The fourth-order valence-electron chi connectivity index (χ4n) is 5.04. The second-order valence-electron chi connectivity index (χ2n) is 7.88. The summed E-state index contributed by atoms with van der Waals surface area (Å²) < 4.78 is 0. The highest BCUT2D eigenvalue weighted by atomic mass is 16.1. The summed E-state index contributed by atoms with van der Waals surface area (Å²) in [6.45, 7) is 11.4. The lowest BCUT2D eigenvalue weighted by Crippen LogP contribution is -2.48. The molecule has 0 aromatic rings. The van der Waals surface area contributed by atoms with Gasteiger partial charge in [0.1, 0.15) is 5.78 Å². The zero-order valence-corrected chi connectivity index (χ0v) is 13.4. The second kappa shape index (κ2) is 5.07. The minimum absolute atomic E-state index is 0.341. The third-order valence-corrected chi connectivity index (χ3v) is 6.08. The molecular formula is C18H30O. The Morgan fingerprint density at radius 2 is 2.00 bits per heavy atom. The molecule has 1 fully saturated rings. The van der Waals surface area contributed by atoms with E-state index in [0.29, 0.717) is 22.5 Å². The fraction of sp³-hybridized carbons (Fsp3) is 0.833. The fourth-order valence-corrected chi connectivity index (χ4v) is 5.04. The number of carbonyl (C=O) groups excluding carboxylic acids is 1. The molecule has 2 rings (SSSR count). The van der Waals surface area contributed by atoms with Crippen molar-refractivity contribution < 1.29 is 4.79 Å². The van der Waals surface area contributed by atoms with Crippen molar-refractivity contribution in [3.8, 4) is 0 Å². The van der Waals surface area contributed by atoms with Crippen LogP contribution in [0.1, 0.15) is 73.1 Å². The highest BCUT2D eigenvalue weighted by Crippen LogP contribution is 2.60. The van der Waals surface area contributed by atoms with Crippen molar-refractivity contribution in [2.24, 2.45) is 22.7 Å². The summed E-state index contributed by atoms with van der Waals surface area (Å²) in [7, 11) is 0. The van der Waals surface area contributed by atoms with E-state index >= 15 is 0 Å². The number of rotatable bonds is 3. The van der Waals surface area contributed by atoms with Gasteiger partial charge in [0.2, 0.25) is 0 Å². The van der Waals surface area contributed by atoms with Crippen molar-refractivity contribution in [1.29, 1.82) is 0 Å². The van der Waals surface area contributed by atoms with E-state index in [1.54, 1.807) is 6.92 Å². The molecule has 0 bridgehead atoms. The van der Waals surface area contributed by atoms with Gasteiger partial charge in [0.05, 0.1) is 0 Å². The van der Waals surface area contributed by atoms with Crippen LogP contribution in [0.2, 0.25) is 0 Å². The van der Waals surface area contributed by atoms with Crippen LogP contribution in [0.25, 0.3) is 0 Å². The van der Waals surface area contributed by atoms with Gasteiger partial charge in [0.15, 0.2) is 0 Å². The van der Waals surface area contributed by atoms with Gasteiger partial charge in [-0.1, -0.05) is 38.8 Å². The first-order chi connectivity index (χ1) is 8.77. The number of hydrogen-bond donors (Lipinski definition) is 0. The molecule has 0 unspecified atom stereocenters. The number of fused-ring (bicyclic) bond motifs is 1. The van der Waals surface area contributed by atoms with Crippen LogP contribution in [0.5, 0.6) is 0 Å². The summed E-state index contributed by atoms with van der Waals surface area (Å²) in [4.78, 5) is 11.4. The minimum Gasteiger partial charge on any atom is -0.300 e. The molecule has 0 aromatic carbocycles. The average Bonchev–Trinajstić information content (AvgIpc) is 2.26. The first-order valence-electron chi connectivity index (χ1n) is 7.93. The van der Waals surface area contributed by atoms with E-state index < -0.39 is 0 Å². The molecule has 1 saturated carbocycles. The first-order valence-corrected chi connectivity index (χ1v) is 7.93. The maximum absolute atomic E-state index is 11.4. The molecule has 0 aromatic heterocycles. The van der Waals surface area contributed by atoms with E-state index in [4.69, 9.17) is 0 Å². The molecule has 0 N–H and O–H groups in total. The van der Waals surface area contributed by atoms with Gasteiger partial charge in [-0.2, -0.15) is 0 Å². The Morgan fingerprint density at radius 1 is 1.32 bits per heavy atom. The van der Waals surface area contributed by atoms with Crippen LogP contribution in [0.4, 0.5) is 0 Å². The van der Waals surface area contributed by atoms with Crippen molar-refractivity contribution in [2.45, 2.75) is 73.1 Å². The van der Waals surface area contributed by atoms with E-state index in [2.05, 4.69) is 33.8 Å². The van der Waals surface area contributed by atoms with Gasteiger partial charge in [0.25, 0.3) is 0 Å². The van der Waals surface area contributed by atoms with E-state index in [9.17, 15) is 4.79 Å². The lowest BCUT2D eigenvalue weighted by Gasteiger charge is -2.57. The predicted molar refractivity (Wildman–Crippen MR) is 81.0 cm³/mol. The molecule has 2 aliphatic rings. The summed E-state index contributed by atoms with van der Waals surface area (Å²) in [5.74, 6) is 1.75. The van der Waals surface area contributed by atoms with Crippen molar-refractivity contribution >= 4 is 5.78 Å². The van der Waals surface area contributed by atoms with Gasteiger partial charge in [-0.3, -0.25) is 0 Å². The van der Waals surface area contributed by atoms with Gasteiger partial charge in [-0.15, -0.1) is 0 Å². The number of ketones is 1. The highest BCUT2D eigenvalue weighted by Gasteiger charge is 2.51. The molecule has 0 aliphatic heterocycles. The van der Waals surface area contributed by atoms with Crippen LogP contribution in [0.3, 0.4) is 0 Å². The molecule has 1 nitrogen and oxygen atoms in total. The van der Waals surface area contributed by atoms with Crippen molar-refractivity contribution in [3.05, 3.63) is 11.6 Å². The second-order valence-corrected chi connectivity index (χ2v) is 7.88. The molecule has 1 heteroatoms. The van der Waals surface area contributed by atoms with E-state index in [0.717, 1.165) is 18.8 Å². The number of hydrogen-bond acceptors (Lipinski definition) is 1. The minimum atomic E-state index is 0.341. The van der Waals surface area contributed by atoms with Crippen molar-refractivity contribution in [1.82, 2.24) is 0 Å². The third-order valence-electron chi connectivity index (χ3n) is 6.08. The standard InChI is InChI=1S/C18H30O/c1-13-7-10-16-17(3,4)11-6-12-18(16,5)15(13)9-8-14(2)19/h7,15-16H,6,8-12H2,1-5H3/t15-,16+,18-/m1/s1. The topological polar surface area (TPSA) is 17.1 Å². The Hall–Kier alpha value is -0.590. The SMILES string of the molecule is CC(=O)CC[C@@H]1C(C)=CC[C@H]2C(C)(C)CCC[C@]12C. The largest absolute Gasteiger partial charge is 0.300 e. The number of allylic oxidation sites excluding steroid dienone is 2. The first kappa shape index (κ1) is 14.8. The lowest BCUT2D eigenvalue weighted by atomic mass is 9.48. The average molecular weight is 262 g/mol. The Morgan fingerprint density at radius 3 is 2.63 bits per heavy atom. The van der Waals surface area contributed by atoms with Crippen LogP contribution < -0.4 is 0 Å². The Balaban J connectivity index is 2.28. The smallest absolute Gasteiger partial charge is 0.129 e. The normalized spacial score (nSPS) is 37.4. The molecular weight excluding hydrogens is 232 g/mol. The van der Waals surface area contributed by atoms with Crippen molar-refractivity contribution in [3.63, 3.8) is 0 Å². The molecule has 108 valence electrons. The molecule has 19 heavy (non-hydrogen) atoms. The van der Waals surface area contributed by atoms with E-state index in [1.165, 1.54) is 31.3 Å². The molecule has 0 saturated heterocycles. The molecule has 0 radical (unpaired) electrons. The zero-order chi connectivity index (χ0) is 14.3. The molecule has 0 heterocycles. The Labute approximate surface area is 118 Å². The number of Topliss-reactive ketones (excluding diaryl/α,β-unsaturated/α-hetero) is 1. The van der Waals surface area contributed by atoms with Crippen LogP contribution in [0, 0.1) is 22.7 Å². The van der Waals surface area contributed by atoms with Gasteiger partial charge >= 0.3 is 0 Å². The monoisotopic (exact) mass is 262 g/mol.